The third-order valence-corrected chi connectivity index (χ3v) is 7.17. The van der Waals surface area contributed by atoms with Crippen molar-refractivity contribution in [2.45, 2.75) is 51.8 Å². The number of hydrogen-bond acceptors (Lipinski definition) is 6. The molecule has 0 aliphatic carbocycles. The summed E-state index contributed by atoms with van der Waals surface area (Å²) in [5.41, 5.74) is 2.94. The first-order valence-electron chi connectivity index (χ1n) is 9.57. The number of aryl methyl sites for hydroxylation is 1. The topological polar surface area (TPSA) is 93.5 Å². The van der Waals surface area contributed by atoms with Crippen molar-refractivity contribution in [3.63, 3.8) is 0 Å². The number of ether oxygens (including phenoxy) is 1. The molecule has 2 aliphatic heterocycles. The molecule has 2 fully saturated rings. The van der Waals surface area contributed by atoms with Crippen LogP contribution in [0, 0.1) is 13.8 Å². The van der Waals surface area contributed by atoms with Crippen LogP contribution in [-0.2, 0) is 25.9 Å². The van der Waals surface area contributed by atoms with Crippen molar-refractivity contribution in [3.05, 3.63) is 17.0 Å². The predicted octanol–water partition coefficient (Wildman–Crippen LogP) is 0.587. The van der Waals surface area contributed by atoms with Gasteiger partial charge in [0.05, 0.1) is 35.9 Å². The SMILES string of the molecule is Cc1nn([C@H]2CCS(=O)(=O)C2)c(C)c1CN(C)CC(=O)NC[C@@H]1CCCO1. The Kier molecular flexibility index (Phi) is 6.22. The third kappa shape index (κ3) is 5.08. The molecule has 1 aromatic rings. The van der Waals surface area contributed by atoms with Crippen LogP contribution in [0.5, 0.6) is 0 Å². The lowest BCUT2D eigenvalue weighted by Crippen LogP contribution is -2.38. The van der Waals surface area contributed by atoms with E-state index in [0.29, 0.717) is 26.1 Å². The number of aromatic nitrogens is 2. The van der Waals surface area contributed by atoms with Crippen LogP contribution in [0.2, 0.25) is 0 Å². The number of nitrogens with one attached hydrogen (secondary N) is 1. The van der Waals surface area contributed by atoms with Crippen LogP contribution in [0.25, 0.3) is 0 Å². The van der Waals surface area contributed by atoms with Gasteiger partial charge >= 0.3 is 0 Å². The van der Waals surface area contributed by atoms with Crippen LogP contribution in [0.15, 0.2) is 0 Å². The molecule has 3 heterocycles. The van der Waals surface area contributed by atoms with E-state index in [9.17, 15) is 13.2 Å². The molecule has 2 atom stereocenters. The largest absolute Gasteiger partial charge is 0.376 e. The zero-order chi connectivity index (χ0) is 19.6. The first-order valence-corrected chi connectivity index (χ1v) is 11.4. The minimum absolute atomic E-state index is 0.0161. The molecule has 0 spiro atoms. The molecule has 9 heteroatoms. The standard InChI is InChI=1S/C18H30N4O4S/c1-13-17(14(2)22(20-13)15-6-8-27(24,25)12-15)10-21(3)11-18(23)19-9-16-5-4-7-26-16/h15-16H,4-12H2,1-3H3,(H,19,23)/t15-,16-/m0/s1. The van der Waals surface area contributed by atoms with Gasteiger partial charge in [-0.2, -0.15) is 5.10 Å². The maximum atomic E-state index is 12.2. The van der Waals surface area contributed by atoms with Gasteiger partial charge in [0, 0.05) is 31.0 Å². The average Bonchev–Trinajstić information content (AvgIpc) is 3.29. The van der Waals surface area contributed by atoms with Crippen LogP contribution in [0.4, 0.5) is 0 Å². The zero-order valence-corrected chi connectivity index (χ0v) is 17.2. The fourth-order valence-electron chi connectivity index (χ4n) is 3.91. The Bertz CT molecular complexity index is 784. The number of sulfone groups is 1. The van der Waals surface area contributed by atoms with Gasteiger partial charge in [-0.1, -0.05) is 0 Å². The number of hydrogen-bond donors (Lipinski definition) is 1. The molecule has 0 radical (unpaired) electrons. The van der Waals surface area contributed by atoms with Gasteiger partial charge in [-0.25, -0.2) is 8.42 Å². The van der Waals surface area contributed by atoms with E-state index in [1.807, 2.05) is 30.5 Å². The van der Waals surface area contributed by atoms with E-state index in [0.717, 1.165) is 36.4 Å². The number of likely N-dealkylation sites (N-methyl/N-ethyl adjacent to an activating group) is 1. The Hall–Kier alpha value is -1.45. The molecule has 27 heavy (non-hydrogen) atoms. The number of amides is 1. The molecule has 0 unspecified atom stereocenters. The van der Waals surface area contributed by atoms with E-state index in [1.165, 1.54) is 0 Å². The summed E-state index contributed by atoms with van der Waals surface area (Å²) in [6.45, 7) is 6.17. The second-order valence-corrected chi connectivity index (χ2v) is 9.99. The van der Waals surface area contributed by atoms with Crippen LogP contribution in [-0.4, -0.2) is 73.4 Å². The second-order valence-electron chi connectivity index (χ2n) is 7.76. The molecule has 2 aliphatic rings. The van der Waals surface area contributed by atoms with Crippen LogP contribution < -0.4 is 5.32 Å². The molecule has 1 amide bonds. The highest BCUT2D eigenvalue weighted by Gasteiger charge is 2.31. The highest BCUT2D eigenvalue weighted by atomic mass is 32.2. The van der Waals surface area contributed by atoms with Crippen LogP contribution in [0.1, 0.15) is 42.3 Å². The lowest BCUT2D eigenvalue weighted by molar-refractivity contribution is -0.122. The van der Waals surface area contributed by atoms with E-state index in [4.69, 9.17) is 4.74 Å². The normalized spacial score (nSPS) is 24.6. The van der Waals surface area contributed by atoms with Crippen molar-refractivity contribution >= 4 is 15.7 Å². The van der Waals surface area contributed by atoms with E-state index < -0.39 is 9.84 Å². The molecule has 3 rings (SSSR count). The van der Waals surface area contributed by atoms with Crippen LogP contribution >= 0.6 is 0 Å². The van der Waals surface area contributed by atoms with Gasteiger partial charge in [0.15, 0.2) is 9.84 Å². The Morgan fingerprint density at radius 3 is 2.78 bits per heavy atom. The molecule has 8 nitrogen and oxygen atoms in total. The van der Waals surface area contributed by atoms with Gasteiger partial charge in [-0.3, -0.25) is 14.4 Å². The van der Waals surface area contributed by atoms with E-state index in [1.54, 1.807) is 0 Å². The van der Waals surface area contributed by atoms with Crippen molar-refractivity contribution in [1.29, 1.82) is 0 Å². The molecule has 152 valence electrons. The maximum absolute atomic E-state index is 12.2. The van der Waals surface area contributed by atoms with E-state index >= 15 is 0 Å². The summed E-state index contributed by atoms with van der Waals surface area (Å²) in [6.07, 6.45) is 2.82. The molecule has 1 N–H and O–H groups in total. The summed E-state index contributed by atoms with van der Waals surface area (Å²) in [5, 5.41) is 7.52. The number of nitrogens with zero attached hydrogens (tertiary/aromatic N) is 3. The van der Waals surface area contributed by atoms with Gasteiger partial charge in [-0.15, -0.1) is 0 Å². The van der Waals surface area contributed by atoms with Crippen molar-refractivity contribution in [2.75, 3.05) is 38.2 Å². The molecular weight excluding hydrogens is 368 g/mol. The molecule has 0 saturated carbocycles. The molecule has 2 saturated heterocycles. The third-order valence-electron chi connectivity index (χ3n) is 5.42. The van der Waals surface area contributed by atoms with Gasteiger partial charge in [0.25, 0.3) is 0 Å². The Morgan fingerprint density at radius 2 is 2.15 bits per heavy atom. The lowest BCUT2D eigenvalue weighted by Gasteiger charge is -2.18. The number of carbonyl (C=O) groups excluding carboxylic acids is 1. The average molecular weight is 399 g/mol. The Balaban J connectivity index is 1.56. The zero-order valence-electron chi connectivity index (χ0n) is 16.4. The van der Waals surface area contributed by atoms with E-state index in [2.05, 4.69) is 10.4 Å². The summed E-state index contributed by atoms with van der Waals surface area (Å²) in [7, 11) is -1.05. The highest BCUT2D eigenvalue weighted by molar-refractivity contribution is 7.91. The molecule has 0 aromatic carbocycles. The lowest BCUT2D eigenvalue weighted by atomic mass is 10.1. The fourth-order valence-corrected chi connectivity index (χ4v) is 5.60. The first kappa shape index (κ1) is 20.3. The monoisotopic (exact) mass is 398 g/mol. The Morgan fingerprint density at radius 1 is 1.37 bits per heavy atom. The summed E-state index contributed by atoms with van der Waals surface area (Å²) < 4.78 is 30.9. The smallest absolute Gasteiger partial charge is 0.234 e. The van der Waals surface area contributed by atoms with Crippen molar-refractivity contribution < 1.29 is 17.9 Å². The number of rotatable bonds is 7. The van der Waals surface area contributed by atoms with E-state index in [-0.39, 0.29) is 29.6 Å². The molecule has 1 aromatic heterocycles. The minimum atomic E-state index is -2.95. The summed E-state index contributed by atoms with van der Waals surface area (Å²) >= 11 is 0. The second kappa shape index (κ2) is 8.28. The van der Waals surface area contributed by atoms with Gasteiger partial charge < -0.3 is 10.1 Å². The van der Waals surface area contributed by atoms with Gasteiger partial charge in [0.1, 0.15) is 0 Å². The van der Waals surface area contributed by atoms with Crippen molar-refractivity contribution in [2.24, 2.45) is 0 Å². The van der Waals surface area contributed by atoms with Gasteiger partial charge in [-0.05, 0) is 40.2 Å². The molecular formula is C18H30N4O4S. The first-order chi connectivity index (χ1) is 12.7. The van der Waals surface area contributed by atoms with Crippen molar-refractivity contribution in [1.82, 2.24) is 20.0 Å². The quantitative estimate of drug-likeness (QED) is 0.722. The van der Waals surface area contributed by atoms with Gasteiger partial charge in [0.2, 0.25) is 5.91 Å². The molecule has 0 bridgehead atoms. The summed E-state index contributed by atoms with van der Waals surface area (Å²) in [4.78, 5) is 14.1. The summed E-state index contributed by atoms with van der Waals surface area (Å²) in [5.74, 6) is 0.379. The van der Waals surface area contributed by atoms with Crippen LogP contribution in [0.3, 0.4) is 0 Å². The number of carbonyl (C=O) groups is 1. The fraction of sp³-hybridized carbons (Fsp3) is 0.778. The maximum Gasteiger partial charge on any atom is 0.234 e. The van der Waals surface area contributed by atoms with Crippen molar-refractivity contribution in [3.8, 4) is 0 Å². The minimum Gasteiger partial charge on any atom is -0.376 e. The summed E-state index contributed by atoms with van der Waals surface area (Å²) in [6, 6.07) is -0.0810. The highest BCUT2D eigenvalue weighted by Crippen LogP contribution is 2.27. The Labute approximate surface area is 161 Å². The predicted molar refractivity (Wildman–Crippen MR) is 102 cm³/mol.